The summed E-state index contributed by atoms with van der Waals surface area (Å²) < 4.78 is 27.0. The minimum absolute atomic E-state index is 0.0104. The van der Waals surface area contributed by atoms with E-state index in [9.17, 15) is 28.6 Å². The highest BCUT2D eigenvalue weighted by Gasteiger charge is 2.26. The molecular formula is C13H10ClN3O6S. The number of hydrogen-bond acceptors (Lipinski definition) is 6. The van der Waals surface area contributed by atoms with Crippen LogP contribution in [-0.2, 0) is 10.0 Å². The fourth-order valence-electron chi connectivity index (χ4n) is 1.95. The van der Waals surface area contributed by atoms with E-state index in [0.717, 1.165) is 24.3 Å². The first-order valence-electron chi connectivity index (χ1n) is 6.34. The second-order valence-corrected chi connectivity index (χ2v) is 6.76. The zero-order valence-electron chi connectivity index (χ0n) is 12.1. The van der Waals surface area contributed by atoms with Crippen LogP contribution in [0.1, 0.15) is 5.56 Å². The summed E-state index contributed by atoms with van der Waals surface area (Å²) in [5.74, 6) is 0. The molecule has 0 unspecified atom stereocenters. The van der Waals surface area contributed by atoms with E-state index in [0.29, 0.717) is 0 Å². The molecule has 1 N–H and O–H groups in total. The number of para-hydroxylation sites is 1. The van der Waals surface area contributed by atoms with Crippen LogP contribution in [0.4, 0.5) is 17.1 Å². The molecule has 0 saturated heterocycles. The summed E-state index contributed by atoms with van der Waals surface area (Å²) >= 11 is 5.77. The molecule has 0 aliphatic rings. The quantitative estimate of drug-likeness (QED) is 0.633. The van der Waals surface area contributed by atoms with Crippen molar-refractivity contribution < 1.29 is 18.3 Å². The highest BCUT2D eigenvalue weighted by Crippen LogP contribution is 2.32. The van der Waals surface area contributed by atoms with Crippen molar-refractivity contribution in [2.75, 3.05) is 4.72 Å². The molecule has 0 amide bonds. The summed E-state index contributed by atoms with van der Waals surface area (Å²) in [6.45, 7) is 1.45. The average molecular weight is 372 g/mol. The number of benzene rings is 2. The van der Waals surface area contributed by atoms with E-state index in [-0.39, 0.29) is 22.0 Å². The number of nitro groups is 2. The average Bonchev–Trinajstić information content (AvgIpc) is 2.50. The van der Waals surface area contributed by atoms with Crippen molar-refractivity contribution in [1.29, 1.82) is 0 Å². The molecule has 0 radical (unpaired) electrons. The summed E-state index contributed by atoms with van der Waals surface area (Å²) in [5.41, 5.74) is -0.726. The van der Waals surface area contributed by atoms with E-state index in [1.165, 1.54) is 19.1 Å². The Balaban J connectivity index is 2.50. The number of aryl methyl sites for hydroxylation is 1. The fraction of sp³-hybridized carbons (Fsp3) is 0.0769. The first-order valence-corrected chi connectivity index (χ1v) is 8.20. The summed E-state index contributed by atoms with van der Waals surface area (Å²) in [4.78, 5) is 19.8. The van der Waals surface area contributed by atoms with Crippen molar-refractivity contribution in [3.63, 3.8) is 0 Å². The van der Waals surface area contributed by atoms with Crippen LogP contribution in [0.3, 0.4) is 0 Å². The SMILES string of the molecule is Cc1cc([N+](=O)[O-])c(Cl)cc1NS(=O)(=O)c1ccccc1[N+](=O)[O-]. The Morgan fingerprint density at radius 3 is 2.21 bits per heavy atom. The van der Waals surface area contributed by atoms with Gasteiger partial charge in [-0.15, -0.1) is 0 Å². The van der Waals surface area contributed by atoms with Gasteiger partial charge in [-0.05, 0) is 24.6 Å². The van der Waals surface area contributed by atoms with Gasteiger partial charge >= 0.3 is 0 Å². The highest BCUT2D eigenvalue weighted by molar-refractivity contribution is 7.92. The predicted octanol–water partition coefficient (Wildman–Crippen LogP) is 3.27. The number of anilines is 1. The normalized spacial score (nSPS) is 11.1. The van der Waals surface area contributed by atoms with Gasteiger partial charge in [0.2, 0.25) is 0 Å². The molecule has 0 aromatic heterocycles. The standard InChI is InChI=1S/C13H10ClN3O6S/c1-8-6-12(17(20)21)9(14)7-10(8)15-24(22,23)13-5-3-2-4-11(13)16(18)19/h2-7,15H,1H3. The molecule has 0 fully saturated rings. The van der Waals surface area contributed by atoms with E-state index in [4.69, 9.17) is 11.6 Å². The predicted molar refractivity (Wildman–Crippen MR) is 86.7 cm³/mol. The van der Waals surface area contributed by atoms with E-state index in [2.05, 4.69) is 4.72 Å². The largest absolute Gasteiger partial charge is 0.289 e. The van der Waals surface area contributed by atoms with Gasteiger partial charge in [-0.2, -0.15) is 0 Å². The van der Waals surface area contributed by atoms with Crippen LogP contribution >= 0.6 is 11.6 Å². The second-order valence-electron chi connectivity index (χ2n) is 4.71. The van der Waals surface area contributed by atoms with E-state index < -0.39 is 30.5 Å². The summed E-state index contributed by atoms with van der Waals surface area (Å²) in [6.07, 6.45) is 0. The van der Waals surface area contributed by atoms with Crippen LogP contribution < -0.4 is 4.72 Å². The Morgan fingerprint density at radius 2 is 1.62 bits per heavy atom. The van der Waals surface area contributed by atoms with Crippen LogP contribution in [0.2, 0.25) is 5.02 Å². The Kier molecular flexibility index (Phi) is 4.71. The van der Waals surface area contributed by atoms with Crippen LogP contribution in [0.15, 0.2) is 41.3 Å². The number of sulfonamides is 1. The van der Waals surface area contributed by atoms with Crippen molar-refractivity contribution in [3.05, 3.63) is 67.2 Å². The molecule has 2 aromatic carbocycles. The number of rotatable bonds is 5. The van der Waals surface area contributed by atoms with Gasteiger partial charge in [0, 0.05) is 12.1 Å². The van der Waals surface area contributed by atoms with Gasteiger partial charge in [-0.25, -0.2) is 8.42 Å². The molecule has 0 saturated carbocycles. The molecule has 2 aromatic rings. The lowest BCUT2D eigenvalue weighted by molar-refractivity contribution is -0.387. The topological polar surface area (TPSA) is 132 Å². The Hall–Kier alpha value is -2.72. The Morgan fingerprint density at radius 1 is 1.04 bits per heavy atom. The lowest BCUT2D eigenvalue weighted by Crippen LogP contribution is -2.15. The molecule has 11 heteroatoms. The summed E-state index contributed by atoms with van der Waals surface area (Å²) in [6, 6.07) is 7.02. The second kappa shape index (κ2) is 6.42. The smallest absolute Gasteiger partial charge is 0.279 e. The van der Waals surface area contributed by atoms with E-state index >= 15 is 0 Å². The molecule has 9 nitrogen and oxygen atoms in total. The van der Waals surface area contributed by atoms with Crippen LogP contribution in [0, 0.1) is 27.2 Å². The molecule has 0 bridgehead atoms. The van der Waals surface area contributed by atoms with Gasteiger partial charge in [0.05, 0.1) is 15.5 Å². The maximum atomic E-state index is 12.4. The van der Waals surface area contributed by atoms with Gasteiger partial charge in [0.25, 0.3) is 21.4 Å². The first kappa shape index (κ1) is 17.6. The summed E-state index contributed by atoms with van der Waals surface area (Å²) in [7, 11) is -4.28. The van der Waals surface area contributed by atoms with Crippen LogP contribution in [0.5, 0.6) is 0 Å². The molecule has 0 aliphatic heterocycles. The maximum Gasteiger partial charge on any atom is 0.289 e. The molecule has 126 valence electrons. The Labute approximate surface area is 141 Å². The zero-order valence-corrected chi connectivity index (χ0v) is 13.7. The molecule has 0 spiro atoms. The van der Waals surface area contributed by atoms with Gasteiger partial charge in [0.1, 0.15) is 5.02 Å². The fourth-order valence-corrected chi connectivity index (χ4v) is 3.48. The van der Waals surface area contributed by atoms with Gasteiger partial charge in [-0.3, -0.25) is 25.0 Å². The minimum Gasteiger partial charge on any atom is -0.279 e. The van der Waals surface area contributed by atoms with Crippen molar-refractivity contribution in [2.45, 2.75) is 11.8 Å². The highest BCUT2D eigenvalue weighted by atomic mass is 35.5. The number of halogens is 1. The van der Waals surface area contributed by atoms with Crippen molar-refractivity contribution >= 4 is 38.7 Å². The van der Waals surface area contributed by atoms with Crippen LogP contribution in [-0.4, -0.2) is 18.3 Å². The van der Waals surface area contributed by atoms with Crippen molar-refractivity contribution in [2.24, 2.45) is 0 Å². The number of hydrogen-bond donors (Lipinski definition) is 1. The Bertz CT molecular complexity index is 945. The lowest BCUT2D eigenvalue weighted by Gasteiger charge is -2.11. The number of nitro benzene ring substituents is 2. The van der Waals surface area contributed by atoms with Gasteiger partial charge in [-0.1, -0.05) is 23.7 Å². The number of nitrogens with zero attached hydrogens (tertiary/aromatic N) is 2. The number of nitrogens with one attached hydrogen (secondary N) is 1. The van der Waals surface area contributed by atoms with E-state index in [1.54, 1.807) is 0 Å². The molecular weight excluding hydrogens is 362 g/mol. The first-order chi connectivity index (χ1) is 11.1. The van der Waals surface area contributed by atoms with Gasteiger partial charge < -0.3 is 0 Å². The molecule has 24 heavy (non-hydrogen) atoms. The monoisotopic (exact) mass is 371 g/mol. The van der Waals surface area contributed by atoms with Crippen LogP contribution in [0.25, 0.3) is 0 Å². The molecule has 0 atom stereocenters. The third kappa shape index (κ3) is 3.44. The molecule has 0 heterocycles. The van der Waals surface area contributed by atoms with Crippen molar-refractivity contribution in [1.82, 2.24) is 0 Å². The van der Waals surface area contributed by atoms with E-state index in [1.807, 2.05) is 0 Å². The third-order valence-electron chi connectivity index (χ3n) is 3.09. The summed E-state index contributed by atoms with van der Waals surface area (Å²) in [5, 5.41) is 21.5. The zero-order chi connectivity index (χ0) is 18.1. The maximum absolute atomic E-state index is 12.4. The minimum atomic E-state index is -4.28. The van der Waals surface area contributed by atoms with Gasteiger partial charge in [0.15, 0.2) is 4.90 Å². The van der Waals surface area contributed by atoms with Crippen molar-refractivity contribution in [3.8, 4) is 0 Å². The molecule has 2 rings (SSSR count). The molecule has 0 aliphatic carbocycles. The third-order valence-corrected chi connectivity index (χ3v) is 4.80. The lowest BCUT2D eigenvalue weighted by atomic mass is 10.2.